The molecule has 1 aliphatic carbocycles. The van der Waals surface area contributed by atoms with Gasteiger partial charge in [0.25, 0.3) is 5.91 Å². The van der Waals surface area contributed by atoms with Crippen LogP contribution in [0.2, 0.25) is 0 Å². The number of nitriles is 1. The lowest BCUT2D eigenvalue weighted by atomic mass is 9.93. The summed E-state index contributed by atoms with van der Waals surface area (Å²) in [6.45, 7) is 3.30. The van der Waals surface area contributed by atoms with Gasteiger partial charge in [-0.2, -0.15) is 5.26 Å². The summed E-state index contributed by atoms with van der Waals surface area (Å²) in [7, 11) is 0. The molecule has 1 atom stereocenters. The molecule has 1 aliphatic heterocycles. The van der Waals surface area contributed by atoms with Crippen LogP contribution in [0.5, 0.6) is 0 Å². The summed E-state index contributed by atoms with van der Waals surface area (Å²) < 4.78 is 0. The number of likely N-dealkylation sites (tertiary alicyclic amines) is 1. The number of pyridine rings is 1. The predicted octanol–water partition coefficient (Wildman–Crippen LogP) is 2.63. The number of hydrogen-bond acceptors (Lipinski definition) is 4. The fraction of sp³-hybridized carbons (Fsp3) is 0.429. The predicted molar refractivity (Wildman–Crippen MR) is 101 cm³/mol. The van der Waals surface area contributed by atoms with E-state index in [4.69, 9.17) is 5.26 Å². The van der Waals surface area contributed by atoms with Gasteiger partial charge in [0.2, 0.25) is 5.91 Å². The van der Waals surface area contributed by atoms with Gasteiger partial charge in [0.05, 0.1) is 22.7 Å². The first-order chi connectivity index (χ1) is 13.0. The summed E-state index contributed by atoms with van der Waals surface area (Å²) >= 11 is 0. The molecule has 1 saturated heterocycles. The number of nitrogens with one attached hydrogen (secondary N) is 1. The lowest BCUT2D eigenvalue weighted by Gasteiger charge is -2.33. The van der Waals surface area contributed by atoms with Gasteiger partial charge in [0.1, 0.15) is 6.04 Å². The molecule has 2 amide bonds. The van der Waals surface area contributed by atoms with Gasteiger partial charge >= 0.3 is 0 Å². The molecular formula is C21H22N4O2. The second-order valence-electron chi connectivity index (χ2n) is 7.76. The lowest BCUT2D eigenvalue weighted by Crippen LogP contribution is -2.49. The van der Waals surface area contributed by atoms with Gasteiger partial charge < -0.3 is 10.2 Å². The fourth-order valence-corrected chi connectivity index (χ4v) is 3.82. The molecule has 6 heteroatoms. The normalized spacial score (nSPS) is 18.7. The number of hydrogen-bond donors (Lipinski definition) is 1. The van der Waals surface area contributed by atoms with Crippen molar-refractivity contribution in [1.29, 1.82) is 5.26 Å². The molecular weight excluding hydrogens is 340 g/mol. The van der Waals surface area contributed by atoms with Crippen molar-refractivity contribution in [1.82, 2.24) is 15.2 Å². The molecule has 0 bridgehead atoms. The summed E-state index contributed by atoms with van der Waals surface area (Å²) in [6, 6.07) is 8.36. The summed E-state index contributed by atoms with van der Waals surface area (Å²) in [5, 5.41) is 12.5. The Hall–Kier alpha value is -2.94. The average molecular weight is 362 g/mol. The first-order valence-electron chi connectivity index (χ1n) is 9.39. The number of carbonyl (C=O) groups excluding carboxylic acids is 2. The molecule has 2 aromatic rings. The van der Waals surface area contributed by atoms with Crippen molar-refractivity contribution >= 4 is 22.7 Å². The van der Waals surface area contributed by atoms with Crippen LogP contribution in [0, 0.1) is 16.7 Å². The Kier molecular flexibility index (Phi) is 4.31. The summed E-state index contributed by atoms with van der Waals surface area (Å²) in [5.41, 5.74) is 2.14. The number of benzene rings is 1. The minimum absolute atomic E-state index is 0.0284. The van der Waals surface area contributed by atoms with Crippen LogP contribution in [0.3, 0.4) is 0 Å². The third kappa shape index (κ3) is 3.50. The monoisotopic (exact) mass is 362 g/mol. The molecule has 1 aromatic heterocycles. The number of aromatic nitrogens is 1. The maximum Gasteiger partial charge on any atom is 0.253 e. The largest absolute Gasteiger partial charge is 0.341 e. The number of amides is 2. The van der Waals surface area contributed by atoms with Gasteiger partial charge in [-0.1, -0.05) is 0 Å². The SMILES string of the molecule is C[C@H](NC(=O)c1cnc2ccc(C#N)cc2c1)C(=O)N1CCC2(CC1)CC2. The van der Waals surface area contributed by atoms with Crippen LogP contribution in [-0.2, 0) is 4.79 Å². The van der Waals surface area contributed by atoms with Crippen LogP contribution >= 0.6 is 0 Å². The van der Waals surface area contributed by atoms with E-state index in [1.54, 1.807) is 31.2 Å². The maximum absolute atomic E-state index is 12.7. The van der Waals surface area contributed by atoms with Crippen molar-refractivity contribution in [2.75, 3.05) is 13.1 Å². The summed E-state index contributed by atoms with van der Waals surface area (Å²) in [5.74, 6) is -0.359. The van der Waals surface area contributed by atoms with Gasteiger partial charge in [0, 0.05) is 24.7 Å². The molecule has 1 aromatic carbocycles. The molecule has 2 fully saturated rings. The van der Waals surface area contributed by atoms with Crippen molar-refractivity contribution < 1.29 is 9.59 Å². The van der Waals surface area contributed by atoms with Crippen LogP contribution in [0.1, 0.15) is 48.5 Å². The van der Waals surface area contributed by atoms with Crippen molar-refractivity contribution in [3.05, 3.63) is 41.6 Å². The van der Waals surface area contributed by atoms with Gasteiger partial charge in [0.15, 0.2) is 0 Å². The second kappa shape index (κ2) is 6.66. The first-order valence-corrected chi connectivity index (χ1v) is 9.39. The lowest BCUT2D eigenvalue weighted by molar-refractivity contribution is -0.134. The van der Waals surface area contributed by atoms with Gasteiger partial charge in [-0.25, -0.2) is 0 Å². The zero-order valence-corrected chi connectivity index (χ0v) is 15.4. The van der Waals surface area contributed by atoms with Crippen molar-refractivity contribution in [2.45, 2.75) is 38.6 Å². The molecule has 0 unspecified atom stereocenters. The van der Waals surface area contributed by atoms with E-state index < -0.39 is 6.04 Å². The van der Waals surface area contributed by atoms with Crippen LogP contribution in [0.4, 0.5) is 0 Å². The Labute approximate surface area is 158 Å². The van der Waals surface area contributed by atoms with Crippen LogP contribution in [0.15, 0.2) is 30.5 Å². The van der Waals surface area contributed by atoms with Crippen LogP contribution < -0.4 is 5.32 Å². The van der Waals surface area contributed by atoms with E-state index in [9.17, 15) is 9.59 Å². The molecule has 1 saturated carbocycles. The van der Waals surface area contributed by atoms with E-state index in [2.05, 4.69) is 16.4 Å². The Balaban J connectivity index is 1.42. The number of rotatable bonds is 3. The van der Waals surface area contributed by atoms with E-state index in [0.717, 1.165) is 36.8 Å². The number of nitrogens with zero attached hydrogens (tertiary/aromatic N) is 3. The van der Waals surface area contributed by atoms with Crippen LogP contribution in [-0.4, -0.2) is 40.8 Å². The van der Waals surface area contributed by atoms with Crippen molar-refractivity contribution in [3.8, 4) is 6.07 Å². The van der Waals surface area contributed by atoms with E-state index in [1.165, 1.54) is 19.0 Å². The second-order valence-corrected chi connectivity index (χ2v) is 7.76. The van der Waals surface area contributed by atoms with E-state index in [1.807, 2.05) is 4.90 Å². The van der Waals surface area contributed by atoms with Crippen LogP contribution in [0.25, 0.3) is 10.9 Å². The van der Waals surface area contributed by atoms with E-state index in [0.29, 0.717) is 16.5 Å². The van der Waals surface area contributed by atoms with Gasteiger partial charge in [-0.3, -0.25) is 14.6 Å². The summed E-state index contributed by atoms with van der Waals surface area (Å²) in [6.07, 6.45) is 6.25. The topological polar surface area (TPSA) is 86.1 Å². The minimum atomic E-state index is -0.577. The molecule has 0 radical (unpaired) electrons. The van der Waals surface area contributed by atoms with Crippen molar-refractivity contribution in [2.24, 2.45) is 5.41 Å². The van der Waals surface area contributed by atoms with E-state index >= 15 is 0 Å². The summed E-state index contributed by atoms with van der Waals surface area (Å²) in [4.78, 5) is 31.4. The Morgan fingerprint density at radius 2 is 1.96 bits per heavy atom. The molecule has 4 rings (SSSR count). The highest BCUT2D eigenvalue weighted by atomic mass is 16.2. The molecule has 138 valence electrons. The Morgan fingerprint density at radius 3 is 2.63 bits per heavy atom. The minimum Gasteiger partial charge on any atom is -0.341 e. The standard InChI is InChI=1S/C21H22N4O2/c1-14(20(27)25-8-6-21(4-5-21)7-9-25)24-19(26)17-11-16-10-15(12-22)2-3-18(16)23-13-17/h2-3,10-11,13-14H,4-9H2,1H3,(H,24,26)/t14-/m0/s1. The van der Waals surface area contributed by atoms with E-state index in [-0.39, 0.29) is 11.8 Å². The number of fused-ring (bicyclic) bond motifs is 1. The third-order valence-corrected chi connectivity index (χ3v) is 5.88. The smallest absolute Gasteiger partial charge is 0.253 e. The Morgan fingerprint density at radius 1 is 1.22 bits per heavy atom. The highest BCUT2D eigenvalue weighted by Gasteiger charge is 2.45. The fourth-order valence-electron chi connectivity index (χ4n) is 3.82. The zero-order valence-electron chi connectivity index (χ0n) is 15.4. The number of piperidine rings is 1. The quantitative estimate of drug-likeness (QED) is 0.909. The molecule has 2 aliphatic rings. The molecule has 27 heavy (non-hydrogen) atoms. The highest BCUT2D eigenvalue weighted by Crippen LogP contribution is 2.53. The zero-order chi connectivity index (χ0) is 19.0. The molecule has 1 N–H and O–H groups in total. The highest BCUT2D eigenvalue weighted by molar-refractivity contribution is 5.99. The maximum atomic E-state index is 12.7. The van der Waals surface area contributed by atoms with Crippen molar-refractivity contribution in [3.63, 3.8) is 0 Å². The number of carbonyl (C=O) groups is 2. The average Bonchev–Trinajstić information content (AvgIpc) is 3.45. The van der Waals surface area contributed by atoms with Gasteiger partial charge in [-0.15, -0.1) is 0 Å². The van der Waals surface area contributed by atoms with Gasteiger partial charge in [-0.05, 0) is 62.3 Å². The molecule has 1 spiro atoms. The molecule has 2 heterocycles. The Bertz CT molecular complexity index is 948. The first kappa shape index (κ1) is 17.5. The third-order valence-electron chi connectivity index (χ3n) is 5.88. The molecule has 6 nitrogen and oxygen atoms in total.